The fraction of sp³-hybridized carbons (Fsp3) is 0.378. The molecular weight excluding hydrogens is 609 g/mol. The molecule has 0 saturated heterocycles. The van der Waals surface area contributed by atoms with Gasteiger partial charge in [-0.25, -0.2) is 0 Å². The maximum atomic E-state index is 14.3. The number of likely N-dealkylation sites (N-methyl/N-ethyl adjacent to an activating group) is 1. The molecular formula is C37H46N6O3S. The maximum Gasteiger partial charge on any atom is 0.243 e. The molecule has 0 spiro atoms. The molecule has 0 fully saturated rings. The summed E-state index contributed by atoms with van der Waals surface area (Å²) in [4.78, 5) is 49.2. The molecule has 0 bridgehead atoms. The molecule has 9 nitrogen and oxygen atoms in total. The number of carbonyl (C=O) groups excluding carboxylic acids is 3. The van der Waals surface area contributed by atoms with Gasteiger partial charge in [-0.3, -0.25) is 14.4 Å². The molecule has 2 amide bonds. The standard InChI is InChI=1S/C37H46N6O3S/c1-43-32(20-28-24-40-30-14-5-4-13-29(28)30)36(45)42-23-27-11-3-7-17-35(27)47-34-16-6-2-10-26(34)22-41-31(15-9-19-39)33(44)21-25(37(43)46)12-8-18-38/h2-7,10-11,13-14,16-17,24-25,31-32,40-41H,8-9,12,15,18-23,38-39H2,1H3,(H,42,45)/t25-,31+,32+/m1/s1. The minimum atomic E-state index is -0.792. The lowest BCUT2D eigenvalue weighted by molar-refractivity contribution is -0.143. The maximum absolute atomic E-state index is 14.3. The molecule has 1 aliphatic rings. The Hall–Kier alpha value is -3.96. The lowest BCUT2D eigenvalue weighted by atomic mass is 9.90. The van der Waals surface area contributed by atoms with Crippen LogP contribution in [0.25, 0.3) is 10.9 Å². The van der Waals surface area contributed by atoms with Gasteiger partial charge in [0.15, 0.2) is 5.78 Å². The molecule has 0 saturated carbocycles. The number of fused-ring (bicyclic) bond motifs is 3. The van der Waals surface area contributed by atoms with Crippen molar-refractivity contribution in [3.05, 3.63) is 95.7 Å². The third-order valence-corrected chi connectivity index (χ3v) is 10.2. The fourth-order valence-electron chi connectivity index (χ4n) is 6.27. The van der Waals surface area contributed by atoms with Crippen LogP contribution in [-0.2, 0) is 33.9 Å². The second-order valence-electron chi connectivity index (χ2n) is 12.2. The first-order valence-electron chi connectivity index (χ1n) is 16.5. The highest BCUT2D eigenvalue weighted by molar-refractivity contribution is 7.99. The van der Waals surface area contributed by atoms with Gasteiger partial charge in [-0.2, -0.15) is 0 Å². The van der Waals surface area contributed by atoms with Gasteiger partial charge < -0.3 is 32.0 Å². The summed E-state index contributed by atoms with van der Waals surface area (Å²) in [5.74, 6) is -1.10. The minimum absolute atomic E-state index is 0.0281. The van der Waals surface area contributed by atoms with Crippen LogP contribution in [-0.4, -0.2) is 59.7 Å². The van der Waals surface area contributed by atoms with Gasteiger partial charge in [-0.05, 0) is 73.7 Å². The number of aromatic nitrogens is 1. The third kappa shape index (κ3) is 8.70. The Morgan fingerprint density at radius 3 is 2.19 bits per heavy atom. The molecule has 1 aliphatic heterocycles. The summed E-state index contributed by atoms with van der Waals surface area (Å²) < 4.78 is 0. The van der Waals surface area contributed by atoms with E-state index in [0.717, 1.165) is 37.4 Å². The summed E-state index contributed by atoms with van der Waals surface area (Å²) in [6.07, 6.45) is 4.61. The predicted octanol–water partition coefficient (Wildman–Crippen LogP) is 4.53. The van der Waals surface area contributed by atoms with Crippen molar-refractivity contribution < 1.29 is 14.4 Å². The van der Waals surface area contributed by atoms with Gasteiger partial charge in [0.05, 0.1) is 6.04 Å². The van der Waals surface area contributed by atoms with E-state index in [1.165, 1.54) is 0 Å². The van der Waals surface area contributed by atoms with E-state index in [9.17, 15) is 14.4 Å². The molecule has 10 heteroatoms. The molecule has 4 aromatic rings. The number of nitrogens with zero attached hydrogens (tertiary/aromatic N) is 1. The Bertz CT molecular complexity index is 1670. The van der Waals surface area contributed by atoms with Crippen LogP contribution in [0.1, 0.15) is 48.8 Å². The number of carbonyl (C=O) groups is 3. The van der Waals surface area contributed by atoms with Crippen molar-refractivity contribution in [1.82, 2.24) is 20.5 Å². The molecule has 7 N–H and O–H groups in total. The van der Waals surface area contributed by atoms with Crippen molar-refractivity contribution in [2.45, 2.75) is 73.5 Å². The largest absolute Gasteiger partial charge is 0.361 e. The molecule has 47 heavy (non-hydrogen) atoms. The Balaban J connectivity index is 1.53. The number of para-hydroxylation sites is 1. The molecule has 0 unspecified atom stereocenters. The van der Waals surface area contributed by atoms with Crippen LogP contribution in [0.2, 0.25) is 0 Å². The van der Waals surface area contributed by atoms with Crippen LogP contribution in [0.15, 0.2) is 88.8 Å². The van der Waals surface area contributed by atoms with Crippen molar-refractivity contribution >= 4 is 40.3 Å². The summed E-state index contributed by atoms with van der Waals surface area (Å²) in [5.41, 5.74) is 15.7. The number of hydrogen-bond donors (Lipinski definition) is 5. The normalized spacial score (nSPS) is 20.0. The molecule has 248 valence electrons. The van der Waals surface area contributed by atoms with Crippen molar-refractivity contribution in [3.63, 3.8) is 0 Å². The quantitative estimate of drug-likeness (QED) is 0.188. The van der Waals surface area contributed by atoms with Gasteiger partial charge in [-0.1, -0.05) is 66.4 Å². The molecule has 0 aliphatic carbocycles. The van der Waals surface area contributed by atoms with Gasteiger partial charge in [0, 0.05) is 65.8 Å². The van der Waals surface area contributed by atoms with Gasteiger partial charge >= 0.3 is 0 Å². The van der Waals surface area contributed by atoms with E-state index in [-0.39, 0.29) is 24.0 Å². The first-order valence-corrected chi connectivity index (χ1v) is 17.3. The number of hydrogen-bond acceptors (Lipinski definition) is 7. The van der Waals surface area contributed by atoms with Crippen LogP contribution in [0.3, 0.4) is 0 Å². The number of Topliss-reactive ketones (excluding diaryl/α,β-unsaturated/α-hetero) is 1. The summed E-state index contributed by atoms with van der Waals surface area (Å²) in [7, 11) is 1.68. The van der Waals surface area contributed by atoms with Crippen LogP contribution < -0.4 is 22.1 Å². The van der Waals surface area contributed by atoms with E-state index in [1.807, 2.05) is 60.8 Å². The van der Waals surface area contributed by atoms with E-state index < -0.39 is 18.0 Å². The second-order valence-corrected chi connectivity index (χ2v) is 13.3. The Morgan fingerprint density at radius 1 is 0.830 bits per heavy atom. The SMILES string of the molecule is CN1C(=O)[C@H](CCCN)CC(=O)[C@H](CCCN)NCc2ccccc2Sc2ccccc2CNC(=O)[C@@H]1Cc1c[nH]c2ccccc12. The molecule has 3 aromatic carbocycles. The Labute approximate surface area is 281 Å². The van der Waals surface area contributed by atoms with E-state index in [2.05, 4.69) is 33.8 Å². The average molecular weight is 655 g/mol. The molecule has 3 atom stereocenters. The molecule has 5 rings (SSSR count). The summed E-state index contributed by atoms with van der Waals surface area (Å²) in [6, 6.07) is 22.9. The first-order chi connectivity index (χ1) is 22.9. The molecule has 0 radical (unpaired) electrons. The zero-order valence-corrected chi connectivity index (χ0v) is 27.9. The van der Waals surface area contributed by atoms with E-state index in [4.69, 9.17) is 11.5 Å². The lowest BCUT2D eigenvalue weighted by Gasteiger charge is -2.31. The highest BCUT2D eigenvalue weighted by atomic mass is 32.2. The predicted molar refractivity (Wildman–Crippen MR) is 188 cm³/mol. The fourth-order valence-corrected chi connectivity index (χ4v) is 7.34. The van der Waals surface area contributed by atoms with E-state index >= 15 is 0 Å². The van der Waals surface area contributed by atoms with Gasteiger partial charge in [0.25, 0.3) is 0 Å². The monoisotopic (exact) mass is 654 g/mol. The van der Waals surface area contributed by atoms with Crippen LogP contribution in [0.4, 0.5) is 0 Å². The minimum Gasteiger partial charge on any atom is -0.361 e. The number of benzene rings is 3. The zero-order chi connectivity index (χ0) is 33.2. The van der Waals surface area contributed by atoms with Crippen LogP contribution in [0, 0.1) is 5.92 Å². The molecule has 2 heterocycles. The lowest BCUT2D eigenvalue weighted by Crippen LogP contribution is -2.51. The topological polar surface area (TPSA) is 146 Å². The van der Waals surface area contributed by atoms with Gasteiger partial charge in [0.2, 0.25) is 11.8 Å². The number of ketones is 1. The smallest absolute Gasteiger partial charge is 0.243 e. The number of aromatic amines is 1. The molecule has 1 aromatic heterocycles. The highest BCUT2D eigenvalue weighted by Gasteiger charge is 2.34. The van der Waals surface area contributed by atoms with Crippen molar-refractivity contribution in [3.8, 4) is 0 Å². The van der Waals surface area contributed by atoms with Crippen molar-refractivity contribution in [2.24, 2.45) is 17.4 Å². The Morgan fingerprint density at radius 2 is 1.47 bits per heavy atom. The van der Waals surface area contributed by atoms with Crippen molar-refractivity contribution in [1.29, 1.82) is 0 Å². The van der Waals surface area contributed by atoms with E-state index in [1.54, 1.807) is 23.7 Å². The second kappa shape index (κ2) is 16.7. The Kier molecular flexibility index (Phi) is 12.2. The third-order valence-electron chi connectivity index (χ3n) is 9.00. The number of nitrogens with two attached hydrogens (primary N) is 2. The zero-order valence-electron chi connectivity index (χ0n) is 27.0. The summed E-state index contributed by atoms with van der Waals surface area (Å²) in [6.45, 7) is 1.68. The van der Waals surface area contributed by atoms with Gasteiger partial charge in [-0.15, -0.1) is 0 Å². The van der Waals surface area contributed by atoms with Crippen molar-refractivity contribution in [2.75, 3.05) is 20.1 Å². The summed E-state index contributed by atoms with van der Waals surface area (Å²) in [5, 5.41) is 7.66. The van der Waals surface area contributed by atoms with E-state index in [0.29, 0.717) is 58.3 Å². The number of amides is 2. The van der Waals surface area contributed by atoms with Gasteiger partial charge in [0.1, 0.15) is 6.04 Å². The number of nitrogens with one attached hydrogen (secondary N) is 3. The number of rotatable bonds is 8. The highest BCUT2D eigenvalue weighted by Crippen LogP contribution is 2.33. The van der Waals surface area contributed by atoms with Crippen LogP contribution >= 0.6 is 11.8 Å². The summed E-state index contributed by atoms with van der Waals surface area (Å²) >= 11 is 1.64. The number of H-pyrrole nitrogens is 1. The average Bonchev–Trinajstić information content (AvgIpc) is 3.50. The van der Waals surface area contributed by atoms with Crippen LogP contribution in [0.5, 0.6) is 0 Å². The first kappa shape index (κ1) is 34.4.